The average molecular weight is 396 g/mol. The molecule has 1 N–H and O–H groups in total. The normalized spacial score (nSPS) is 11.5. The van der Waals surface area contributed by atoms with Gasteiger partial charge in [0.15, 0.2) is 11.2 Å². The molecular weight excluding hydrogens is 378 g/mol. The van der Waals surface area contributed by atoms with E-state index in [4.69, 9.17) is 11.6 Å². The van der Waals surface area contributed by atoms with Crippen molar-refractivity contribution in [2.45, 2.75) is 26.8 Å². The Morgan fingerprint density at radius 2 is 1.96 bits per heavy atom. The van der Waals surface area contributed by atoms with Crippen molar-refractivity contribution >= 4 is 22.6 Å². The quantitative estimate of drug-likeness (QED) is 0.575. The predicted molar refractivity (Wildman–Crippen MR) is 109 cm³/mol. The second kappa shape index (κ2) is 6.76. The third kappa shape index (κ3) is 3.03. The van der Waals surface area contributed by atoms with Gasteiger partial charge in [-0.1, -0.05) is 11.6 Å². The first-order chi connectivity index (χ1) is 13.3. The highest BCUT2D eigenvalue weighted by molar-refractivity contribution is 6.30. The third-order valence-electron chi connectivity index (χ3n) is 4.53. The molecule has 4 rings (SSSR count). The lowest BCUT2D eigenvalue weighted by molar-refractivity contribution is 0.579. The highest BCUT2D eigenvalue weighted by atomic mass is 35.5. The van der Waals surface area contributed by atoms with Crippen LogP contribution in [0.4, 0.5) is 0 Å². The molecule has 4 aromatic heterocycles. The standard InChI is InChI=1S/C20H18ClN5O2/c1-11(2)25-10-13(8-16(21)20(25)28)14-9-15-17(27)4-6-22-18(15)23-19(14)26-7-5-12(3)24-26/h4-11H,1-3H3,(H,22,23,27). The highest BCUT2D eigenvalue weighted by Crippen LogP contribution is 2.29. The number of hydrogen-bond acceptors (Lipinski definition) is 4. The number of H-pyrrole nitrogens is 1. The number of hydrogen-bond donors (Lipinski definition) is 1. The fourth-order valence-electron chi connectivity index (χ4n) is 3.11. The lowest BCUT2D eigenvalue weighted by atomic mass is 10.1. The Kier molecular flexibility index (Phi) is 4.39. The molecule has 0 amide bonds. The monoisotopic (exact) mass is 395 g/mol. The van der Waals surface area contributed by atoms with Gasteiger partial charge in [-0.05, 0) is 39.0 Å². The number of pyridine rings is 3. The molecule has 0 atom stereocenters. The van der Waals surface area contributed by atoms with Crippen molar-refractivity contribution in [2.75, 3.05) is 0 Å². The van der Waals surface area contributed by atoms with Gasteiger partial charge in [0.25, 0.3) is 5.56 Å². The number of aromatic nitrogens is 5. The zero-order valence-electron chi connectivity index (χ0n) is 15.6. The van der Waals surface area contributed by atoms with E-state index in [0.717, 1.165) is 5.69 Å². The third-order valence-corrected chi connectivity index (χ3v) is 4.80. The van der Waals surface area contributed by atoms with E-state index < -0.39 is 0 Å². The van der Waals surface area contributed by atoms with Gasteiger partial charge in [-0.3, -0.25) is 9.59 Å². The molecule has 8 heteroatoms. The first-order valence-corrected chi connectivity index (χ1v) is 9.20. The van der Waals surface area contributed by atoms with Crippen LogP contribution in [-0.2, 0) is 0 Å². The van der Waals surface area contributed by atoms with Crippen molar-refractivity contribution in [3.8, 4) is 16.9 Å². The highest BCUT2D eigenvalue weighted by Gasteiger charge is 2.17. The van der Waals surface area contributed by atoms with Gasteiger partial charge in [-0.15, -0.1) is 0 Å². The second-order valence-corrected chi connectivity index (χ2v) is 7.29. The molecular formula is C20H18ClN5O2. The van der Waals surface area contributed by atoms with Crippen LogP contribution < -0.4 is 11.0 Å². The molecule has 0 aliphatic rings. The molecule has 4 aromatic rings. The van der Waals surface area contributed by atoms with E-state index in [1.165, 1.54) is 6.07 Å². The molecule has 0 aliphatic carbocycles. The number of nitrogens with zero attached hydrogens (tertiary/aromatic N) is 4. The van der Waals surface area contributed by atoms with E-state index >= 15 is 0 Å². The van der Waals surface area contributed by atoms with Gasteiger partial charge in [0.05, 0.1) is 11.1 Å². The van der Waals surface area contributed by atoms with Crippen LogP contribution in [0.3, 0.4) is 0 Å². The van der Waals surface area contributed by atoms with Crippen molar-refractivity contribution in [3.63, 3.8) is 0 Å². The van der Waals surface area contributed by atoms with Crippen molar-refractivity contribution < 1.29 is 0 Å². The summed E-state index contributed by atoms with van der Waals surface area (Å²) in [5, 5.41) is 5.01. The van der Waals surface area contributed by atoms with Gasteiger partial charge in [0, 0.05) is 41.8 Å². The number of aryl methyl sites for hydroxylation is 1. The molecule has 0 saturated heterocycles. The zero-order valence-corrected chi connectivity index (χ0v) is 16.4. The van der Waals surface area contributed by atoms with E-state index in [-0.39, 0.29) is 22.1 Å². The van der Waals surface area contributed by atoms with Gasteiger partial charge in [-0.25, -0.2) is 9.67 Å². The predicted octanol–water partition coefficient (Wildman–Crippen LogP) is 3.48. The maximum atomic E-state index is 12.4. The molecule has 0 unspecified atom stereocenters. The summed E-state index contributed by atoms with van der Waals surface area (Å²) in [7, 11) is 0. The van der Waals surface area contributed by atoms with Crippen molar-refractivity contribution in [1.82, 2.24) is 24.3 Å². The van der Waals surface area contributed by atoms with Crippen molar-refractivity contribution in [3.05, 3.63) is 74.1 Å². The SMILES string of the molecule is Cc1ccn(-c2nc3[nH]ccc(=O)c3cc2-c2cc(Cl)c(=O)n(C(C)C)c2)n1. The summed E-state index contributed by atoms with van der Waals surface area (Å²) >= 11 is 6.22. The topological polar surface area (TPSA) is 85.6 Å². The molecule has 0 bridgehead atoms. The largest absolute Gasteiger partial charge is 0.346 e. The maximum absolute atomic E-state index is 12.4. The summed E-state index contributed by atoms with van der Waals surface area (Å²) in [5.74, 6) is 0.535. The second-order valence-electron chi connectivity index (χ2n) is 6.88. The number of fused-ring (bicyclic) bond motifs is 1. The van der Waals surface area contributed by atoms with Gasteiger partial charge >= 0.3 is 0 Å². The lowest BCUT2D eigenvalue weighted by Gasteiger charge is -2.15. The van der Waals surface area contributed by atoms with Gasteiger partial charge in [0.2, 0.25) is 0 Å². The van der Waals surface area contributed by atoms with Gasteiger partial charge in [-0.2, -0.15) is 5.10 Å². The summed E-state index contributed by atoms with van der Waals surface area (Å²) < 4.78 is 3.21. The van der Waals surface area contributed by atoms with Crippen LogP contribution in [0.25, 0.3) is 28.0 Å². The molecule has 28 heavy (non-hydrogen) atoms. The van der Waals surface area contributed by atoms with Crippen LogP contribution in [0.1, 0.15) is 25.6 Å². The van der Waals surface area contributed by atoms with E-state index in [1.807, 2.05) is 26.8 Å². The van der Waals surface area contributed by atoms with Crippen molar-refractivity contribution in [2.24, 2.45) is 0 Å². The first kappa shape index (κ1) is 18.2. The van der Waals surface area contributed by atoms with Crippen molar-refractivity contribution in [1.29, 1.82) is 0 Å². The summed E-state index contributed by atoms with van der Waals surface area (Å²) in [6.07, 6.45) is 5.10. The van der Waals surface area contributed by atoms with Crippen LogP contribution in [0.5, 0.6) is 0 Å². The Morgan fingerprint density at radius 1 is 1.18 bits per heavy atom. The number of halogens is 1. The van der Waals surface area contributed by atoms with Crippen LogP contribution in [0.15, 0.2) is 52.4 Å². The molecule has 0 spiro atoms. The average Bonchev–Trinajstić information content (AvgIpc) is 3.09. The van der Waals surface area contributed by atoms with E-state index in [2.05, 4.69) is 15.1 Å². The van der Waals surface area contributed by atoms with E-state index in [1.54, 1.807) is 40.0 Å². The summed E-state index contributed by atoms with van der Waals surface area (Å²) in [6, 6.07) is 6.60. The molecule has 0 aromatic carbocycles. The minimum atomic E-state index is -0.261. The van der Waals surface area contributed by atoms with Gasteiger partial charge < -0.3 is 9.55 Å². The Morgan fingerprint density at radius 3 is 2.64 bits per heavy atom. The Balaban J connectivity index is 2.09. The van der Waals surface area contributed by atoms with E-state index in [9.17, 15) is 9.59 Å². The molecule has 0 saturated carbocycles. The molecule has 7 nitrogen and oxygen atoms in total. The number of nitrogens with one attached hydrogen (secondary N) is 1. The smallest absolute Gasteiger partial charge is 0.269 e. The fourth-order valence-corrected chi connectivity index (χ4v) is 3.32. The molecule has 4 heterocycles. The minimum absolute atomic E-state index is 0.0721. The van der Waals surface area contributed by atoms with Gasteiger partial charge in [0.1, 0.15) is 10.7 Å². The lowest BCUT2D eigenvalue weighted by Crippen LogP contribution is -2.22. The maximum Gasteiger partial charge on any atom is 0.269 e. The Labute approximate surface area is 165 Å². The number of rotatable bonds is 3. The molecule has 0 aliphatic heterocycles. The van der Waals surface area contributed by atoms with Crippen LogP contribution in [0, 0.1) is 6.92 Å². The summed E-state index contributed by atoms with van der Waals surface area (Å²) in [6.45, 7) is 5.69. The number of aromatic amines is 1. The first-order valence-electron chi connectivity index (χ1n) is 8.82. The van der Waals surface area contributed by atoms with Crippen LogP contribution in [0.2, 0.25) is 5.02 Å². The molecule has 0 fully saturated rings. The molecule has 142 valence electrons. The Hall–Kier alpha value is -3.19. The summed E-state index contributed by atoms with van der Waals surface area (Å²) in [5.41, 5.74) is 2.22. The van der Waals surface area contributed by atoms with Crippen LogP contribution in [-0.4, -0.2) is 24.3 Å². The Bertz CT molecular complexity index is 1320. The van der Waals surface area contributed by atoms with E-state index in [0.29, 0.717) is 28.0 Å². The summed E-state index contributed by atoms with van der Waals surface area (Å²) in [4.78, 5) is 32.3. The minimum Gasteiger partial charge on any atom is -0.346 e. The van der Waals surface area contributed by atoms with Crippen LogP contribution >= 0.6 is 11.6 Å². The molecule has 0 radical (unpaired) electrons. The zero-order chi connectivity index (χ0) is 20.0. The fraction of sp³-hybridized carbons (Fsp3) is 0.200.